The van der Waals surface area contributed by atoms with Gasteiger partial charge in [-0.3, -0.25) is 4.79 Å². The second-order valence-corrected chi connectivity index (χ2v) is 6.37. The molecule has 2 heterocycles. The minimum absolute atomic E-state index is 0. The molecule has 0 saturated carbocycles. The molecule has 0 aromatic heterocycles. The van der Waals surface area contributed by atoms with Gasteiger partial charge in [-0.15, -0.1) is 12.4 Å². The minimum atomic E-state index is 0. The predicted octanol–water partition coefficient (Wildman–Crippen LogP) is 3.49. The summed E-state index contributed by atoms with van der Waals surface area (Å²) in [7, 11) is 0. The fraction of sp³-hybridized carbons (Fsp3) is 0.611. The van der Waals surface area contributed by atoms with E-state index in [9.17, 15) is 4.79 Å². The van der Waals surface area contributed by atoms with E-state index in [-0.39, 0.29) is 24.4 Å². The first-order chi connectivity index (χ1) is 10.7. The Kier molecular flexibility index (Phi) is 6.58. The maximum absolute atomic E-state index is 11.4. The molecule has 0 radical (unpaired) electrons. The van der Waals surface area contributed by atoms with Gasteiger partial charge in [0.2, 0.25) is 5.91 Å². The summed E-state index contributed by atoms with van der Waals surface area (Å²) in [6.45, 7) is 5.57. The van der Waals surface area contributed by atoms with Crippen molar-refractivity contribution in [2.24, 2.45) is 0 Å². The Hall–Kier alpha value is -1.42. The molecule has 0 spiro atoms. The number of ether oxygens (including phenoxy) is 1. The highest BCUT2D eigenvalue weighted by molar-refractivity contribution is 5.85. The largest absolute Gasteiger partial charge is 0.490 e. The number of hydrogen-bond donors (Lipinski definition) is 0. The molecule has 1 amide bonds. The molecular formula is C18H27ClN2O2. The van der Waals surface area contributed by atoms with Crippen LogP contribution in [0.25, 0.3) is 0 Å². The van der Waals surface area contributed by atoms with Crippen molar-refractivity contribution in [1.29, 1.82) is 0 Å². The van der Waals surface area contributed by atoms with E-state index in [0.29, 0.717) is 0 Å². The molecule has 0 atom stereocenters. The maximum atomic E-state index is 11.4. The Morgan fingerprint density at radius 3 is 2.43 bits per heavy atom. The quantitative estimate of drug-likeness (QED) is 0.845. The highest BCUT2D eigenvalue weighted by Crippen LogP contribution is 2.26. The van der Waals surface area contributed by atoms with Crippen molar-refractivity contribution in [3.05, 3.63) is 24.3 Å². The maximum Gasteiger partial charge on any atom is 0.219 e. The molecule has 0 bridgehead atoms. The lowest BCUT2D eigenvalue weighted by molar-refractivity contribution is -0.130. The second-order valence-electron chi connectivity index (χ2n) is 6.37. The van der Waals surface area contributed by atoms with E-state index in [0.717, 1.165) is 44.8 Å². The lowest BCUT2D eigenvalue weighted by Gasteiger charge is -2.32. The average molecular weight is 339 g/mol. The normalized spacial score (nSPS) is 19.2. The number of anilines is 1. The highest BCUT2D eigenvalue weighted by Gasteiger charge is 2.22. The fourth-order valence-corrected chi connectivity index (χ4v) is 3.39. The average Bonchev–Trinajstić information content (AvgIpc) is 2.56. The molecule has 3 rings (SSSR count). The molecule has 1 aromatic carbocycles. The van der Waals surface area contributed by atoms with Gasteiger partial charge < -0.3 is 14.5 Å². The summed E-state index contributed by atoms with van der Waals surface area (Å²) in [5.74, 6) is 1.13. The van der Waals surface area contributed by atoms with Crippen molar-refractivity contribution in [3.8, 4) is 5.75 Å². The molecule has 2 aliphatic heterocycles. The number of halogens is 1. The van der Waals surface area contributed by atoms with Gasteiger partial charge in [-0.1, -0.05) is 6.07 Å². The topological polar surface area (TPSA) is 32.8 Å². The number of likely N-dealkylation sites (tertiary alicyclic amines) is 1. The molecule has 2 saturated heterocycles. The molecule has 4 nitrogen and oxygen atoms in total. The van der Waals surface area contributed by atoms with Gasteiger partial charge in [0.25, 0.3) is 0 Å². The Bertz CT molecular complexity index is 509. The number of nitrogens with zero attached hydrogens (tertiary/aromatic N) is 2. The number of rotatable bonds is 3. The molecule has 128 valence electrons. The van der Waals surface area contributed by atoms with Crippen molar-refractivity contribution < 1.29 is 9.53 Å². The summed E-state index contributed by atoms with van der Waals surface area (Å²) in [5, 5.41) is 0. The third kappa shape index (κ3) is 4.77. The van der Waals surface area contributed by atoms with E-state index in [1.165, 1.54) is 24.9 Å². The molecular weight excluding hydrogens is 312 g/mol. The summed E-state index contributed by atoms with van der Waals surface area (Å²) in [6.07, 6.45) is 6.00. The van der Waals surface area contributed by atoms with Crippen LogP contribution in [-0.4, -0.2) is 43.1 Å². The number of hydrogen-bond acceptors (Lipinski definition) is 3. The van der Waals surface area contributed by atoms with Crippen LogP contribution in [-0.2, 0) is 4.79 Å². The van der Waals surface area contributed by atoms with Crippen LogP contribution in [0.15, 0.2) is 24.3 Å². The lowest BCUT2D eigenvalue weighted by Crippen LogP contribution is -2.40. The third-order valence-corrected chi connectivity index (χ3v) is 4.73. The Balaban J connectivity index is 0.00000192. The molecule has 2 fully saturated rings. The predicted molar refractivity (Wildman–Crippen MR) is 95.7 cm³/mol. The molecule has 0 unspecified atom stereocenters. The first-order valence-corrected chi connectivity index (χ1v) is 8.49. The summed E-state index contributed by atoms with van der Waals surface area (Å²) < 4.78 is 6.15. The van der Waals surface area contributed by atoms with Gasteiger partial charge in [0.15, 0.2) is 0 Å². The summed E-state index contributed by atoms with van der Waals surface area (Å²) in [5.41, 5.74) is 1.28. The smallest absolute Gasteiger partial charge is 0.219 e. The van der Waals surface area contributed by atoms with Gasteiger partial charge in [0, 0.05) is 57.7 Å². The van der Waals surface area contributed by atoms with Gasteiger partial charge in [-0.05, 0) is 31.4 Å². The van der Waals surface area contributed by atoms with Crippen LogP contribution in [0.4, 0.5) is 5.69 Å². The lowest BCUT2D eigenvalue weighted by atomic mass is 10.1. The zero-order valence-electron chi connectivity index (χ0n) is 13.9. The zero-order valence-corrected chi connectivity index (χ0v) is 14.7. The molecule has 5 heteroatoms. The third-order valence-electron chi connectivity index (χ3n) is 4.73. The number of benzene rings is 1. The first-order valence-electron chi connectivity index (χ1n) is 8.49. The van der Waals surface area contributed by atoms with Crippen molar-refractivity contribution in [2.45, 2.75) is 45.1 Å². The van der Waals surface area contributed by atoms with Gasteiger partial charge in [0.1, 0.15) is 11.9 Å². The van der Waals surface area contributed by atoms with Gasteiger partial charge in [-0.25, -0.2) is 0 Å². The van der Waals surface area contributed by atoms with E-state index in [1.54, 1.807) is 6.92 Å². The van der Waals surface area contributed by atoms with Crippen molar-refractivity contribution in [1.82, 2.24) is 4.90 Å². The number of piperidine rings is 2. The highest BCUT2D eigenvalue weighted by atomic mass is 35.5. The van der Waals surface area contributed by atoms with Crippen LogP contribution in [0.2, 0.25) is 0 Å². The standard InChI is InChI=1S/C18H26N2O2.ClH/c1-15(21)19-12-8-17(9-13-19)22-18-7-5-6-16(14-18)20-10-3-2-4-11-20;/h5-7,14,17H,2-4,8-13H2,1H3;1H. The van der Waals surface area contributed by atoms with Gasteiger partial charge in [-0.2, -0.15) is 0 Å². The Morgan fingerprint density at radius 2 is 1.78 bits per heavy atom. The van der Waals surface area contributed by atoms with Crippen LogP contribution in [0, 0.1) is 0 Å². The van der Waals surface area contributed by atoms with Crippen LogP contribution in [0.3, 0.4) is 0 Å². The van der Waals surface area contributed by atoms with Crippen molar-refractivity contribution >= 4 is 24.0 Å². The monoisotopic (exact) mass is 338 g/mol. The fourth-order valence-electron chi connectivity index (χ4n) is 3.39. The summed E-state index contributed by atoms with van der Waals surface area (Å²) in [6, 6.07) is 8.48. The van der Waals surface area contributed by atoms with Crippen LogP contribution in [0.1, 0.15) is 39.0 Å². The summed E-state index contributed by atoms with van der Waals surface area (Å²) in [4.78, 5) is 15.7. The van der Waals surface area contributed by atoms with Crippen LogP contribution >= 0.6 is 12.4 Å². The van der Waals surface area contributed by atoms with E-state index in [4.69, 9.17) is 4.74 Å². The van der Waals surface area contributed by atoms with Gasteiger partial charge in [0.05, 0.1) is 0 Å². The number of carbonyl (C=O) groups is 1. The zero-order chi connectivity index (χ0) is 15.4. The SMILES string of the molecule is CC(=O)N1CCC(Oc2cccc(N3CCCCC3)c2)CC1.Cl. The number of amides is 1. The van der Waals surface area contributed by atoms with E-state index in [2.05, 4.69) is 23.1 Å². The second kappa shape index (κ2) is 8.44. The minimum Gasteiger partial charge on any atom is -0.490 e. The Morgan fingerprint density at radius 1 is 1.09 bits per heavy atom. The molecule has 23 heavy (non-hydrogen) atoms. The van der Waals surface area contributed by atoms with Crippen molar-refractivity contribution in [2.75, 3.05) is 31.1 Å². The molecule has 1 aromatic rings. The summed E-state index contributed by atoms with van der Waals surface area (Å²) >= 11 is 0. The Labute approximate surface area is 145 Å². The first kappa shape index (κ1) is 17.9. The van der Waals surface area contributed by atoms with Crippen molar-refractivity contribution in [3.63, 3.8) is 0 Å². The van der Waals surface area contributed by atoms with E-state index in [1.807, 2.05) is 11.0 Å². The van der Waals surface area contributed by atoms with E-state index >= 15 is 0 Å². The number of carbonyl (C=O) groups excluding carboxylic acids is 1. The molecule has 2 aliphatic rings. The van der Waals surface area contributed by atoms with Crippen LogP contribution in [0.5, 0.6) is 5.75 Å². The van der Waals surface area contributed by atoms with E-state index < -0.39 is 0 Å². The van der Waals surface area contributed by atoms with Gasteiger partial charge >= 0.3 is 0 Å². The van der Waals surface area contributed by atoms with Crippen LogP contribution < -0.4 is 9.64 Å². The molecule has 0 N–H and O–H groups in total. The molecule has 0 aliphatic carbocycles.